The van der Waals surface area contributed by atoms with Gasteiger partial charge in [0.05, 0.1) is 13.2 Å². The maximum Gasteiger partial charge on any atom is 0.251 e. The standard InChI is InChI=1S/C15H21N3O4/c1-10-12(15(21)16-7-8-22-3)5-4-6-13(10)18-14(20)9-17-11(2)19/h4-6H,7-9H2,1-3H3,(H,16,21)(H,17,19)(H,18,20). The van der Waals surface area contributed by atoms with E-state index in [1.54, 1.807) is 32.2 Å². The Kier molecular flexibility index (Phi) is 7.04. The van der Waals surface area contributed by atoms with Gasteiger partial charge in [-0.15, -0.1) is 0 Å². The summed E-state index contributed by atoms with van der Waals surface area (Å²) in [4.78, 5) is 34.6. The number of amides is 3. The number of carbonyl (C=O) groups excluding carboxylic acids is 3. The summed E-state index contributed by atoms with van der Waals surface area (Å²) in [6.45, 7) is 3.81. The summed E-state index contributed by atoms with van der Waals surface area (Å²) in [5.74, 6) is -0.860. The zero-order chi connectivity index (χ0) is 16.5. The fourth-order valence-electron chi connectivity index (χ4n) is 1.78. The lowest BCUT2D eigenvalue weighted by Gasteiger charge is -2.12. The van der Waals surface area contributed by atoms with Gasteiger partial charge in [-0.05, 0) is 24.6 Å². The van der Waals surface area contributed by atoms with Crippen LogP contribution in [0.5, 0.6) is 0 Å². The van der Waals surface area contributed by atoms with Gasteiger partial charge in [0, 0.05) is 31.8 Å². The van der Waals surface area contributed by atoms with Crippen LogP contribution in [0.3, 0.4) is 0 Å². The summed E-state index contributed by atoms with van der Waals surface area (Å²) in [5.41, 5.74) is 1.68. The lowest BCUT2D eigenvalue weighted by Crippen LogP contribution is -2.31. The highest BCUT2D eigenvalue weighted by Crippen LogP contribution is 2.18. The first kappa shape index (κ1) is 17.6. The molecule has 22 heavy (non-hydrogen) atoms. The molecule has 1 aromatic carbocycles. The number of methoxy groups -OCH3 is 1. The van der Waals surface area contributed by atoms with Crippen LogP contribution in [0.15, 0.2) is 18.2 Å². The molecule has 1 aromatic rings. The van der Waals surface area contributed by atoms with E-state index in [9.17, 15) is 14.4 Å². The zero-order valence-electron chi connectivity index (χ0n) is 13.0. The Balaban J connectivity index is 2.73. The minimum atomic E-state index is -0.352. The van der Waals surface area contributed by atoms with Gasteiger partial charge in [0.15, 0.2) is 0 Å². The van der Waals surface area contributed by atoms with Crippen molar-refractivity contribution in [1.29, 1.82) is 0 Å². The Hall–Kier alpha value is -2.41. The molecule has 0 saturated heterocycles. The number of carbonyl (C=O) groups is 3. The molecule has 7 heteroatoms. The molecule has 0 radical (unpaired) electrons. The van der Waals surface area contributed by atoms with Gasteiger partial charge in [-0.25, -0.2) is 0 Å². The highest BCUT2D eigenvalue weighted by atomic mass is 16.5. The van der Waals surface area contributed by atoms with Crippen molar-refractivity contribution in [1.82, 2.24) is 10.6 Å². The van der Waals surface area contributed by atoms with Crippen molar-refractivity contribution >= 4 is 23.4 Å². The van der Waals surface area contributed by atoms with Gasteiger partial charge in [0.25, 0.3) is 5.91 Å². The summed E-state index contributed by atoms with van der Waals surface area (Å²) >= 11 is 0. The van der Waals surface area contributed by atoms with Gasteiger partial charge >= 0.3 is 0 Å². The van der Waals surface area contributed by atoms with Crippen LogP contribution in [0.25, 0.3) is 0 Å². The number of benzene rings is 1. The normalized spacial score (nSPS) is 9.95. The minimum absolute atomic E-state index is 0.112. The largest absolute Gasteiger partial charge is 0.383 e. The van der Waals surface area contributed by atoms with Gasteiger partial charge < -0.3 is 20.7 Å². The fourth-order valence-corrected chi connectivity index (χ4v) is 1.78. The summed E-state index contributed by atoms with van der Waals surface area (Å²) < 4.78 is 4.87. The SMILES string of the molecule is COCCNC(=O)c1cccc(NC(=O)CNC(C)=O)c1C. The molecule has 0 aromatic heterocycles. The second kappa shape index (κ2) is 8.78. The van der Waals surface area contributed by atoms with Crippen LogP contribution in [-0.2, 0) is 14.3 Å². The van der Waals surface area contributed by atoms with Gasteiger partial charge in [0.2, 0.25) is 11.8 Å². The van der Waals surface area contributed by atoms with Crippen molar-refractivity contribution in [3.05, 3.63) is 29.3 Å². The van der Waals surface area contributed by atoms with Gasteiger partial charge in [-0.2, -0.15) is 0 Å². The van der Waals surface area contributed by atoms with Crippen molar-refractivity contribution in [3.8, 4) is 0 Å². The van der Waals surface area contributed by atoms with Crippen LogP contribution in [-0.4, -0.2) is 44.5 Å². The monoisotopic (exact) mass is 307 g/mol. The smallest absolute Gasteiger partial charge is 0.251 e. The van der Waals surface area contributed by atoms with Crippen LogP contribution < -0.4 is 16.0 Å². The van der Waals surface area contributed by atoms with Crippen LogP contribution in [0.4, 0.5) is 5.69 Å². The van der Waals surface area contributed by atoms with E-state index in [4.69, 9.17) is 4.74 Å². The van der Waals surface area contributed by atoms with Crippen molar-refractivity contribution in [2.24, 2.45) is 0 Å². The van der Waals surface area contributed by atoms with Crippen LogP contribution in [0.2, 0.25) is 0 Å². The lowest BCUT2D eigenvalue weighted by atomic mass is 10.1. The van der Waals surface area contributed by atoms with E-state index in [0.717, 1.165) is 0 Å². The Morgan fingerprint density at radius 3 is 2.55 bits per heavy atom. The van der Waals surface area contributed by atoms with Crippen LogP contribution >= 0.6 is 0 Å². The summed E-state index contributed by atoms with van der Waals surface area (Å²) in [6, 6.07) is 5.07. The first-order chi connectivity index (χ1) is 10.5. The van der Waals surface area contributed by atoms with Crippen LogP contribution in [0, 0.1) is 6.92 Å². The average molecular weight is 307 g/mol. The van der Waals surface area contributed by atoms with Gasteiger partial charge in [-0.1, -0.05) is 6.07 Å². The molecular weight excluding hydrogens is 286 g/mol. The molecule has 1 rings (SSSR count). The number of hydrogen-bond donors (Lipinski definition) is 3. The lowest BCUT2D eigenvalue weighted by molar-refractivity contribution is -0.122. The second-order valence-electron chi connectivity index (χ2n) is 4.68. The Morgan fingerprint density at radius 2 is 1.91 bits per heavy atom. The van der Waals surface area contributed by atoms with Gasteiger partial charge in [-0.3, -0.25) is 14.4 Å². The Morgan fingerprint density at radius 1 is 1.18 bits per heavy atom. The number of hydrogen-bond acceptors (Lipinski definition) is 4. The third-order valence-electron chi connectivity index (χ3n) is 2.94. The summed E-state index contributed by atoms with van der Waals surface area (Å²) in [7, 11) is 1.56. The van der Waals surface area contributed by atoms with E-state index in [0.29, 0.717) is 30.0 Å². The molecule has 0 spiro atoms. The van der Waals surface area contributed by atoms with E-state index in [1.807, 2.05) is 0 Å². The topological polar surface area (TPSA) is 96.5 Å². The fraction of sp³-hybridized carbons (Fsp3) is 0.400. The molecule has 0 aliphatic carbocycles. The molecule has 0 aliphatic rings. The quantitative estimate of drug-likeness (QED) is 0.637. The molecule has 0 saturated carbocycles. The summed E-state index contributed by atoms with van der Waals surface area (Å²) in [6.07, 6.45) is 0. The predicted octanol–water partition coefficient (Wildman–Crippen LogP) is 0.446. The van der Waals surface area contributed by atoms with E-state index in [-0.39, 0.29) is 24.3 Å². The highest BCUT2D eigenvalue weighted by molar-refractivity contribution is 6.00. The average Bonchev–Trinajstić information content (AvgIpc) is 2.47. The molecule has 7 nitrogen and oxygen atoms in total. The molecule has 120 valence electrons. The summed E-state index contributed by atoms with van der Waals surface area (Å²) in [5, 5.41) is 7.81. The number of rotatable bonds is 7. The molecule has 0 fully saturated rings. The first-order valence-electron chi connectivity index (χ1n) is 6.86. The van der Waals surface area contributed by atoms with E-state index < -0.39 is 0 Å². The van der Waals surface area contributed by atoms with Crippen molar-refractivity contribution in [3.63, 3.8) is 0 Å². The third-order valence-corrected chi connectivity index (χ3v) is 2.94. The van der Waals surface area contributed by atoms with Crippen molar-refractivity contribution in [2.45, 2.75) is 13.8 Å². The Bertz CT molecular complexity index is 558. The second-order valence-corrected chi connectivity index (χ2v) is 4.68. The first-order valence-corrected chi connectivity index (χ1v) is 6.86. The van der Waals surface area contributed by atoms with Crippen LogP contribution in [0.1, 0.15) is 22.8 Å². The van der Waals surface area contributed by atoms with E-state index >= 15 is 0 Å². The molecule has 0 aliphatic heterocycles. The van der Waals surface area contributed by atoms with Gasteiger partial charge in [0.1, 0.15) is 0 Å². The molecular formula is C15H21N3O4. The number of nitrogens with one attached hydrogen (secondary N) is 3. The highest BCUT2D eigenvalue weighted by Gasteiger charge is 2.12. The predicted molar refractivity (Wildman–Crippen MR) is 82.7 cm³/mol. The van der Waals surface area contributed by atoms with E-state index in [1.165, 1.54) is 6.92 Å². The maximum atomic E-state index is 12.1. The van der Waals surface area contributed by atoms with Crippen molar-refractivity contribution < 1.29 is 19.1 Å². The molecule has 3 N–H and O–H groups in total. The minimum Gasteiger partial charge on any atom is -0.383 e. The number of anilines is 1. The van der Waals surface area contributed by atoms with E-state index in [2.05, 4.69) is 16.0 Å². The maximum absolute atomic E-state index is 12.1. The number of ether oxygens (including phenoxy) is 1. The Labute approximate surface area is 129 Å². The molecule has 0 unspecified atom stereocenters. The molecule has 3 amide bonds. The molecule has 0 heterocycles. The zero-order valence-corrected chi connectivity index (χ0v) is 13.0. The third kappa shape index (κ3) is 5.53. The molecule has 0 atom stereocenters. The molecule has 0 bridgehead atoms. The van der Waals surface area contributed by atoms with Crippen molar-refractivity contribution in [2.75, 3.05) is 32.1 Å².